The molecule has 11 N–H and O–H groups in total. The van der Waals surface area contributed by atoms with Crippen molar-refractivity contribution >= 4 is 29.6 Å². The Balaban J connectivity index is 2.21. The molecule has 0 aliphatic carbocycles. The maximum absolute atomic E-state index is 13.3. The Morgan fingerprint density at radius 2 is 1.52 bits per heavy atom. The van der Waals surface area contributed by atoms with Crippen LogP contribution in [-0.2, 0) is 36.8 Å². The van der Waals surface area contributed by atoms with E-state index in [1.165, 1.54) is 12.5 Å². The molecule has 4 unspecified atom stereocenters. The molecular formula is C26H38N8O6. The molecule has 1 aromatic heterocycles. The number of carbonyl (C=O) groups is 5. The van der Waals surface area contributed by atoms with Crippen molar-refractivity contribution < 1.29 is 29.1 Å². The average Bonchev–Trinajstić information content (AvgIpc) is 3.43. The van der Waals surface area contributed by atoms with Crippen molar-refractivity contribution in [3.8, 4) is 0 Å². The van der Waals surface area contributed by atoms with E-state index in [1.54, 1.807) is 30.3 Å². The zero-order valence-electron chi connectivity index (χ0n) is 22.2. The maximum atomic E-state index is 13.3. The summed E-state index contributed by atoms with van der Waals surface area (Å²) in [5.74, 6) is -4.05. The summed E-state index contributed by atoms with van der Waals surface area (Å²) in [5, 5.41) is 17.3. The monoisotopic (exact) mass is 558 g/mol. The third kappa shape index (κ3) is 11.2. The third-order valence-corrected chi connectivity index (χ3v) is 6.13. The van der Waals surface area contributed by atoms with Crippen LogP contribution in [0.1, 0.15) is 43.4 Å². The van der Waals surface area contributed by atoms with E-state index in [1.807, 2.05) is 0 Å². The van der Waals surface area contributed by atoms with Gasteiger partial charge in [-0.1, -0.05) is 36.8 Å². The number of aliphatic carboxylic acids is 1. The number of nitrogens with two attached hydrogens (primary N) is 3. The van der Waals surface area contributed by atoms with Gasteiger partial charge in [0.25, 0.3) is 0 Å². The number of amides is 4. The van der Waals surface area contributed by atoms with E-state index >= 15 is 0 Å². The number of hydrogen-bond donors (Lipinski definition) is 8. The number of nitrogens with zero attached hydrogens (tertiary/aromatic N) is 1. The molecule has 1 aromatic carbocycles. The highest BCUT2D eigenvalue weighted by Gasteiger charge is 2.31. The first kappa shape index (κ1) is 31.9. The fraction of sp³-hybridized carbons (Fsp3) is 0.462. The van der Waals surface area contributed by atoms with Crippen LogP contribution in [0, 0.1) is 0 Å². The minimum absolute atomic E-state index is 0.0316. The van der Waals surface area contributed by atoms with Crippen LogP contribution in [0.15, 0.2) is 42.9 Å². The number of imidazole rings is 1. The second-order valence-corrected chi connectivity index (χ2v) is 9.39. The minimum Gasteiger partial charge on any atom is -0.480 e. The number of aromatic nitrogens is 2. The summed E-state index contributed by atoms with van der Waals surface area (Å²) in [5.41, 5.74) is 17.9. The number of benzene rings is 1. The number of unbranched alkanes of at least 4 members (excludes halogenated alkanes) is 1. The van der Waals surface area contributed by atoms with Crippen LogP contribution >= 0.6 is 0 Å². The molecule has 14 heteroatoms. The van der Waals surface area contributed by atoms with Gasteiger partial charge in [0, 0.05) is 31.2 Å². The molecule has 4 atom stereocenters. The van der Waals surface area contributed by atoms with E-state index in [-0.39, 0.29) is 25.7 Å². The van der Waals surface area contributed by atoms with Crippen molar-refractivity contribution in [2.75, 3.05) is 6.54 Å². The Bertz CT molecular complexity index is 1110. The van der Waals surface area contributed by atoms with Gasteiger partial charge in [-0.2, -0.15) is 0 Å². The molecule has 4 amide bonds. The molecule has 2 aromatic rings. The predicted octanol–water partition coefficient (Wildman–Crippen LogP) is -1.54. The Kier molecular flexibility index (Phi) is 13.3. The molecule has 0 bridgehead atoms. The summed E-state index contributed by atoms with van der Waals surface area (Å²) in [6.07, 6.45) is 4.11. The molecule has 0 spiro atoms. The van der Waals surface area contributed by atoms with Gasteiger partial charge in [-0.15, -0.1) is 0 Å². The first-order chi connectivity index (χ1) is 19.1. The number of primary amides is 1. The molecule has 0 radical (unpaired) electrons. The zero-order valence-corrected chi connectivity index (χ0v) is 22.2. The molecule has 2 rings (SSSR count). The number of nitrogens with one attached hydrogen (secondary N) is 4. The van der Waals surface area contributed by atoms with Crippen molar-refractivity contribution in [3.63, 3.8) is 0 Å². The number of carboxylic acid groups (broad SMARTS) is 1. The summed E-state index contributed by atoms with van der Waals surface area (Å²) >= 11 is 0. The highest BCUT2D eigenvalue weighted by Crippen LogP contribution is 2.08. The number of carboxylic acids is 1. The summed E-state index contributed by atoms with van der Waals surface area (Å²) in [6, 6.07) is 4.17. The Labute approximate surface area is 231 Å². The van der Waals surface area contributed by atoms with Gasteiger partial charge in [0.05, 0.1) is 12.4 Å². The number of carbonyl (C=O) groups excluding carboxylic acids is 4. The average molecular weight is 559 g/mol. The molecule has 0 aliphatic heterocycles. The van der Waals surface area contributed by atoms with Gasteiger partial charge in [-0.3, -0.25) is 19.2 Å². The highest BCUT2D eigenvalue weighted by molar-refractivity contribution is 5.94. The van der Waals surface area contributed by atoms with Crippen LogP contribution in [0.25, 0.3) is 0 Å². The van der Waals surface area contributed by atoms with Gasteiger partial charge in [-0.25, -0.2) is 9.78 Å². The van der Waals surface area contributed by atoms with Crippen LogP contribution in [0.2, 0.25) is 0 Å². The van der Waals surface area contributed by atoms with Gasteiger partial charge in [0.2, 0.25) is 23.6 Å². The summed E-state index contributed by atoms with van der Waals surface area (Å²) in [7, 11) is 0. The molecule has 0 aliphatic rings. The zero-order chi connectivity index (χ0) is 29.5. The topological polar surface area (TPSA) is 248 Å². The normalized spacial score (nSPS) is 13.8. The van der Waals surface area contributed by atoms with E-state index in [0.29, 0.717) is 37.1 Å². The quantitative estimate of drug-likeness (QED) is 0.0985. The van der Waals surface area contributed by atoms with Crippen LogP contribution in [0.4, 0.5) is 0 Å². The number of H-pyrrole nitrogens is 1. The number of hydrogen-bond acceptors (Lipinski definition) is 8. The molecule has 14 nitrogen and oxygen atoms in total. The lowest BCUT2D eigenvalue weighted by Gasteiger charge is -2.25. The predicted molar refractivity (Wildman–Crippen MR) is 145 cm³/mol. The summed E-state index contributed by atoms with van der Waals surface area (Å²) < 4.78 is 0. The van der Waals surface area contributed by atoms with Gasteiger partial charge in [-0.05, 0) is 31.4 Å². The fourth-order valence-corrected chi connectivity index (χ4v) is 3.89. The molecule has 0 fully saturated rings. The number of rotatable bonds is 18. The first-order valence-corrected chi connectivity index (χ1v) is 13.0. The van der Waals surface area contributed by atoms with Gasteiger partial charge in [0.1, 0.15) is 18.1 Å². The Morgan fingerprint density at radius 1 is 0.875 bits per heavy atom. The Morgan fingerprint density at radius 3 is 2.12 bits per heavy atom. The molecule has 218 valence electrons. The smallest absolute Gasteiger partial charge is 0.326 e. The van der Waals surface area contributed by atoms with Crippen molar-refractivity contribution in [3.05, 3.63) is 54.1 Å². The summed E-state index contributed by atoms with van der Waals surface area (Å²) in [6.45, 7) is 0.452. The van der Waals surface area contributed by atoms with Gasteiger partial charge in [0.15, 0.2) is 0 Å². The van der Waals surface area contributed by atoms with E-state index in [9.17, 15) is 29.1 Å². The molecular weight excluding hydrogens is 520 g/mol. The SMILES string of the molecule is NCCCCC(N)C(=O)NC(CCC(N)=O)C(=O)NC(Cc1ccccc1)C(=O)NC(Cc1cnc[nH]1)C(=O)O. The first-order valence-electron chi connectivity index (χ1n) is 13.0. The van der Waals surface area contributed by atoms with Gasteiger partial charge >= 0.3 is 5.97 Å². The highest BCUT2D eigenvalue weighted by atomic mass is 16.4. The van der Waals surface area contributed by atoms with E-state index < -0.39 is 53.8 Å². The van der Waals surface area contributed by atoms with E-state index in [2.05, 4.69) is 25.9 Å². The van der Waals surface area contributed by atoms with Crippen molar-refractivity contribution in [2.24, 2.45) is 17.2 Å². The van der Waals surface area contributed by atoms with E-state index in [4.69, 9.17) is 17.2 Å². The largest absolute Gasteiger partial charge is 0.480 e. The maximum Gasteiger partial charge on any atom is 0.326 e. The molecule has 1 heterocycles. The lowest BCUT2D eigenvalue weighted by atomic mass is 10.0. The van der Waals surface area contributed by atoms with Crippen molar-refractivity contribution in [1.82, 2.24) is 25.9 Å². The second kappa shape index (κ2) is 16.6. The standard InChI is InChI=1S/C26H38N8O6/c27-11-5-4-8-18(28)23(36)32-19(9-10-22(29)35)24(37)33-20(12-16-6-2-1-3-7-16)25(38)34-21(26(39)40)13-17-14-30-15-31-17/h1-3,6-7,14-15,18-21H,4-5,8-13,27-28H2,(H2,29,35)(H,30,31)(H,32,36)(H,33,37)(H,34,38)(H,39,40). The van der Waals surface area contributed by atoms with Crippen LogP contribution in [0.5, 0.6) is 0 Å². The lowest BCUT2D eigenvalue weighted by molar-refractivity contribution is -0.142. The van der Waals surface area contributed by atoms with Crippen LogP contribution in [0.3, 0.4) is 0 Å². The minimum atomic E-state index is -1.31. The van der Waals surface area contributed by atoms with Gasteiger partial charge < -0.3 is 43.2 Å². The number of aromatic amines is 1. The van der Waals surface area contributed by atoms with E-state index in [0.717, 1.165) is 0 Å². The van der Waals surface area contributed by atoms with Crippen LogP contribution in [-0.4, -0.2) is 75.4 Å². The molecule has 0 saturated heterocycles. The fourth-order valence-electron chi connectivity index (χ4n) is 3.89. The Hall–Kier alpha value is -4.30. The van der Waals surface area contributed by atoms with Crippen molar-refractivity contribution in [2.45, 2.75) is 69.1 Å². The summed E-state index contributed by atoms with van der Waals surface area (Å²) in [4.78, 5) is 69.2. The molecule has 0 saturated carbocycles. The molecule has 40 heavy (non-hydrogen) atoms. The van der Waals surface area contributed by atoms with Crippen molar-refractivity contribution in [1.29, 1.82) is 0 Å². The lowest BCUT2D eigenvalue weighted by Crippen LogP contribution is -2.58. The van der Waals surface area contributed by atoms with Crippen LogP contribution < -0.4 is 33.2 Å². The second-order valence-electron chi connectivity index (χ2n) is 9.39. The third-order valence-electron chi connectivity index (χ3n) is 6.13.